The molecule has 1 aromatic rings. The molecule has 0 aliphatic heterocycles. The molecular formula is C16H22O4. The number of benzene rings is 1. The van der Waals surface area contributed by atoms with E-state index in [0.717, 1.165) is 5.92 Å². The minimum Gasteiger partial charge on any atom is -0.478 e. The Morgan fingerprint density at radius 1 is 1.00 bits per heavy atom. The van der Waals surface area contributed by atoms with Gasteiger partial charge in [0.2, 0.25) is 0 Å². The second-order valence-corrected chi connectivity index (χ2v) is 5.33. The quantitative estimate of drug-likeness (QED) is 0.858. The summed E-state index contributed by atoms with van der Waals surface area (Å²) in [4.78, 5) is 21.2. The molecule has 0 aromatic heterocycles. The highest BCUT2D eigenvalue weighted by Crippen LogP contribution is 2.22. The fourth-order valence-corrected chi connectivity index (χ4v) is 2.41. The molecule has 2 N–H and O–H groups in total. The molecule has 1 saturated carbocycles. The molecular weight excluding hydrogens is 256 g/mol. The Morgan fingerprint density at radius 2 is 1.45 bits per heavy atom. The molecule has 1 aromatic carbocycles. The zero-order valence-electron chi connectivity index (χ0n) is 12.1. The molecule has 4 heteroatoms. The molecule has 0 bridgehead atoms. The van der Waals surface area contributed by atoms with E-state index in [1.165, 1.54) is 57.2 Å². The Bertz CT molecular complexity index is 441. The van der Waals surface area contributed by atoms with Gasteiger partial charge in [0.1, 0.15) is 0 Å². The average Bonchev–Trinajstić information content (AvgIpc) is 2.40. The summed E-state index contributed by atoms with van der Waals surface area (Å²) in [6.45, 7) is 3.84. The van der Waals surface area contributed by atoms with Gasteiger partial charge in [0, 0.05) is 0 Å². The molecule has 2 rings (SSSR count). The highest BCUT2D eigenvalue weighted by molar-refractivity contribution is 5.96. The SMILES string of the molecule is CC1CCCCC1.Cc1c(C(=O)O)cccc1C(=O)O. The zero-order valence-corrected chi connectivity index (χ0v) is 12.1. The summed E-state index contributed by atoms with van der Waals surface area (Å²) in [5, 5.41) is 17.4. The first-order valence-corrected chi connectivity index (χ1v) is 6.99. The van der Waals surface area contributed by atoms with E-state index >= 15 is 0 Å². The first kappa shape index (κ1) is 16.2. The van der Waals surface area contributed by atoms with E-state index in [9.17, 15) is 9.59 Å². The van der Waals surface area contributed by atoms with Gasteiger partial charge in [0.05, 0.1) is 11.1 Å². The number of carbonyl (C=O) groups is 2. The summed E-state index contributed by atoms with van der Waals surface area (Å²) in [6.07, 6.45) is 7.44. The average molecular weight is 278 g/mol. The Morgan fingerprint density at radius 3 is 1.75 bits per heavy atom. The second kappa shape index (κ2) is 7.68. The Hall–Kier alpha value is -1.84. The van der Waals surface area contributed by atoms with Gasteiger partial charge in [-0.1, -0.05) is 45.1 Å². The van der Waals surface area contributed by atoms with E-state index in [1.807, 2.05) is 0 Å². The number of carboxylic acids is 2. The molecule has 110 valence electrons. The molecule has 0 heterocycles. The number of hydrogen-bond donors (Lipinski definition) is 2. The predicted octanol–water partition coefficient (Wildman–Crippen LogP) is 3.98. The normalized spacial score (nSPS) is 15.1. The van der Waals surface area contributed by atoms with Crippen LogP contribution in [-0.4, -0.2) is 22.2 Å². The topological polar surface area (TPSA) is 74.6 Å². The van der Waals surface area contributed by atoms with Gasteiger partial charge in [-0.3, -0.25) is 0 Å². The van der Waals surface area contributed by atoms with Crippen molar-refractivity contribution in [2.24, 2.45) is 5.92 Å². The summed E-state index contributed by atoms with van der Waals surface area (Å²) in [7, 11) is 0. The molecule has 0 unspecified atom stereocenters. The third-order valence-corrected chi connectivity index (χ3v) is 3.69. The summed E-state index contributed by atoms with van der Waals surface area (Å²) >= 11 is 0. The lowest BCUT2D eigenvalue weighted by molar-refractivity contribution is 0.0696. The Labute approximate surface area is 119 Å². The third-order valence-electron chi connectivity index (χ3n) is 3.69. The van der Waals surface area contributed by atoms with Gasteiger partial charge in [0.25, 0.3) is 0 Å². The van der Waals surface area contributed by atoms with Crippen LogP contribution >= 0.6 is 0 Å². The number of aromatic carboxylic acids is 2. The van der Waals surface area contributed by atoms with Crippen molar-refractivity contribution in [2.75, 3.05) is 0 Å². The van der Waals surface area contributed by atoms with Crippen molar-refractivity contribution in [3.8, 4) is 0 Å². The highest BCUT2D eigenvalue weighted by Gasteiger charge is 2.13. The largest absolute Gasteiger partial charge is 0.478 e. The van der Waals surface area contributed by atoms with E-state index in [-0.39, 0.29) is 16.7 Å². The van der Waals surface area contributed by atoms with E-state index in [1.54, 1.807) is 0 Å². The van der Waals surface area contributed by atoms with Gasteiger partial charge >= 0.3 is 11.9 Å². The van der Waals surface area contributed by atoms with Crippen molar-refractivity contribution >= 4 is 11.9 Å². The Balaban J connectivity index is 0.000000240. The standard InChI is InChI=1S/C9H8O4.C7H14/c1-5-6(8(10)11)3-2-4-7(5)9(12)13;1-7-5-3-2-4-6-7/h2-4H,1H3,(H,10,11)(H,12,13);7H,2-6H2,1H3. The summed E-state index contributed by atoms with van der Waals surface area (Å²) in [5.41, 5.74) is 0.335. The van der Waals surface area contributed by atoms with Crippen molar-refractivity contribution in [1.82, 2.24) is 0 Å². The van der Waals surface area contributed by atoms with Gasteiger partial charge in [-0.2, -0.15) is 0 Å². The van der Waals surface area contributed by atoms with Crippen LogP contribution < -0.4 is 0 Å². The van der Waals surface area contributed by atoms with Gasteiger partial charge in [0.15, 0.2) is 0 Å². The molecule has 0 saturated heterocycles. The van der Waals surface area contributed by atoms with Crippen LogP contribution in [-0.2, 0) is 0 Å². The molecule has 0 amide bonds. The molecule has 20 heavy (non-hydrogen) atoms. The maximum absolute atomic E-state index is 10.6. The molecule has 1 aliphatic carbocycles. The predicted molar refractivity (Wildman–Crippen MR) is 77.3 cm³/mol. The van der Waals surface area contributed by atoms with E-state index in [4.69, 9.17) is 10.2 Å². The number of rotatable bonds is 2. The van der Waals surface area contributed by atoms with E-state index < -0.39 is 11.9 Å². The first-order valence-electron chi connectivity index (χ1n) is 6.99. The Kier molecular flexibility index (Phi) is 6.22. The maximum atomic E-state index is 10.6. The van der Waals surface area contributed by atoms with E-state index in [2.05, 4.69) is 6.92 Å². The van der Waals surface area contributed by atoms with Crippen molar-refractivity contribution in [3.05, 3.63) is 34.9 Å². The minimum atomic E-state index is -1.11. The van der Waals surface area contributed by atoms with Crippen LogP contribution in [0.4, 0.5) is 0 Å². The van der Waals surface area contributed by atoms with Crippen LogP contribution in [0.15, 0.2) is 18.2 Å². The monoisotopic (exact) mass is 278 g/mol. The van der Waals surface area contributed by atoms with Crippen LogP contribution in [0.1, 0.15) is 65.3 Å². The number of carboxylic acid groups (broad SMARTS) is 2. The van der Waals surface area contributed by atoms with Crippen LogP contribution in [0.3, 0.4) is 0 Å². The van der Waals surface area contributed by atoms with Crippen LogP contribution in [0.2, 0.25) is 0 Å². The lowest BCUT2D eigenvalue weighted by Crippen LogP contribution is -2.06. The summed E-state index contributed by atoms with van der Waals surface area (Å²) in [5.74, 6) is -1.19. The van der Waals surface area contributed by atoms with E-state index in [0.29, 0.717) is 0 Å². The zero-order chi connectivity index (χ0) is 15.1. The third kappa shape index (κ3) is 4.68. The highest BCUT2D eigenvalue weighted by atomic mass is 16.4. The second-order valence-electron chi connectivity index (χ2n) is 5.33. The van der Waals surface area contributed by atoms with Crippen LogP contribution in [0.25, 0.3) is 0 Å². The van der Waals surface area contributed by atoms with Gasteiger partial charge < -0.3 is 10.2 Å². The summed E-state index contributed by atoms with van der Waals surface area (Å²) in [6, 6.07) is 4.17. The molecule has 0 radical (unpaired) electrons. The number of hydrogen-bond acceptors (Lipinski definition) is 2. The lowest BCUT2D eigenvalue weighted by atomic mass is 9.91. The van der Waals surface area contributed by atoms with Crippen molar-refractivity contribution in [3.63, 3.8) is 0 Å². The molecule has 1 aliphatic rings. The smallest absolute Gasteiger partial charge is 0.335 e. The van der Waals surface area contributed by atoms with Crippen molar-refractivity contribution < 1.29 is 19.8 Å². The fraction of sp³-hybridized carbons (Fsp3) is 0.500. The molecule has 1 fully saturated rings. The van der Waals surface area contributed by atoms with Gasteiger partial charge in [-0.25, -0.2) is 9.59 Å². The minimum absolute atomic E-state index is 0.0277. The summed E-state index contributed by atoms with van der Waals surface area (Å²) < 4.78 is 0. The van der Waals surface area contributed by atoms with Gasteiger partial charge in [-0.15, -0.1) is 0 Å². The molecule has 0 atom stereocenters. The van der Waals surface area contributed by atoms with Crippen LogP contribution in [0.5, 0.6) is 0 Å². The molecule has 0 spiro atoms. The fourth-order valence-electron chi connectivity index (χ4n) is 2.41. The molecule has 4 nitrogen and oxygen atoms in total. The maximum Gasteiger partial charge on any atom is 0.335 e. The van der Waals surface area contributed by atoms with Gasteiger partial charge in [-0.05, 0) is 30.5 Å². The van der Waals surface area contributed by atoms with Crippen molar-refractivity contribution in [2.45, 2.75) is 46.0 Å². The van der Waals surface area contributed by atoms with Crippen molar-refractivity contribution in [1.29, 1.82) is 0 Å². The van der Waals surface area contributed by atoms with Crippen LogP contribution in [0, 0.1) is 12.8 Å². The lowest BCUT2D eigenvalue weighted by Gasteiger charge is -2.15. The first-order chi connectivity index (χ1) is 9.43.